The van der Waals surface area contributed by atoms with Gasteiger partial charge in [-0.15, -0.1) is 0 Å². The van der Waals surface area contributed by atoms with Gasteiger partial charge in [-0.05, 0) is 12.8 Å². The molecule has 2 atom stereocenters. The van der Waals surface area contributed by atoms with Gasteiger partial charge in [-0.2, -0.15) is 0 Å². The average molecular weight is 849 g/mol. The van der Waals surface area contributed by atoms with Crippen LogP contribution in [0, 0.1) is 0 Å². The molecular weight excluding hydrogens is 735 g/mol. The number of carbonyl (C=O) groups is 1. The Morgan fingerprint density at radius 1 is 0.333 bits per heavy atom. The molecule has 0 saturated heterocycles. The smallest absolute Gasteiger partial charge is 0.220 e. The highest BCUT2D eigenvalue weighted by molar-refractivity contribution is 5.76. The number of nitrogens with one attached hydrogen (secondary N) is 1. The third-order valence-corrected chi connectivity index (χ3v) is 13.6. The summed E-state index contributed by atoms with van der Waals surface area (Å²) in [5.41, 5.74) is 0. The molecule has 3 N–H and O–H groups in total. The molecule has 360 valence electrons. The molecule has 0 heterocycles. The molecule has 0 fully saturated rings. The molecule has 60 heavy (non-hydrogen) atoms. The van der Waals surface area contributed by atoms with Gasteiger partial charge in [-0.25, -0.2) is 0 Å². The van der Waals surface area contributed by atoms with E-state index >= 15 is 0 Å². The Balaban J connectivity index is 3.30. The third kappa shape index (κ3) is 48.4. The van der Waals surface area contributed by atoms with E-state index < -0.39 is 12.1 Å². The predicted octanol–water partition coefficient (Wildman–Crippen LogP) is 18.4. The maximum Gasteiger partial charge on any atom is 0.220 e. The van der Waals surface area contributed by atoms with Crippen LogP contribution in [0.15, 0.2) is 0 Å². The minimum absolute atomic E-state index is 0.0247. The number of rotatable bonds is 53. The van der Waals surface area contributed by atoms with E-state index in [1.54, 1.807) is 0 Å². The zero-order chi connectivity index (χ0) is 43.5. The van der Waals surface area contributed by atoms with Crippen LogP contribution >= 0.6 is 0 Å². The summed E-state index contributed by atoms with van der Waals surface area (Å²) in [4.78, 5) is 12.4. The van der Waals surface area contributed by atoms with Crippen LogP contribution in [-0.2, 0) is 4.79 Å². The van der Waals surface area contributed by atoms with E-state index in [9.17, 15) is 15.0 Å². The van der Waals surface area contributed by atoms with Gasteiger partial charge in [0.15, 0.2) is 0 Å². The normalized spacial score (nSPS) is 12.7. The number of carbonyl (C=O) groups excluding carboxylic acids is 1. The fraction of sp³-hybridized carbons (Fsp3) is 0.982. The lowest BCUT2D eigenvalue weighted by Gasteiger charge is -2.22. The maximum absolute atomic E-state index is 12.4. The molecule has 0 aromatic heterocycles. The molecule has 1 amide bonds. The Bertz CT molecular complexity index is 788. The van der Waals surface area contributed by atoms with E-state index in [1.807, 2.05) is 0 Å². The molecule has 0 saturated carbocycles. The first-order valence-corrected chi connectivity index (χ1v) is 28.2. The second-order valence-electron chi connectivity index (χ2n) is 19.7. The summed E-state index contributed by atoms with van der Waals surface area (Å²) in [5, 5.41) is 23.2. The van der Waals surface area contributed by atoms with Gasteiger partial charge in [0.2, 0.25) is 5.91 Å². The van der Waals surface area contributed by atoms with Gasteiger partial charge in [-0.3, -0.25) is 4.79 Å². The van der Waals surface area contributed by atoms with Gasteiger partial charge in [-0.1, -0.05) is 316 Å². The number of hydrogen-bond acceptors (Lipinski definition) is 3. The largest absolute Gasteiger partial charge is 0.394 e. The Labute approximate surface area is 378 Å². The first-order chi connectivity index (χ1) is 29.7. The standard InChI is InChI=1S/C56H113NO3/c1-3-5-7-9-11-13-15-16-17-18-19-20-21-22-23-24-25-26-27-28-29-30-31-32-33-34-35-36-37-38-39-40-42-44-46-48-50-52-56(60)57-54(53-58)55(59)51-49-47-45-43-41-14-12-10-8-6-4-2/h54-55,58-59H,3-53H2,1-2H3,(H,57,60). The lowest BCUT2D eigenvalue weighted by molar-refractivity contribution is -0.123. The summed E-state index contributed by atoms with van der Waals surface area (Å²) in [5.74, 6) is -0.0247. The lowest BCUT2D eigenvalue weighted by atomic mass is 10.0. The van der Waals surface area contributed by atoms with E-state index in [2.05, 4.69) is 19.2 Å². The summed E-state index contributed by atoms with van der Waals surface area (Å²) in [6.45, 7) is 4.38. The van der Waals surface area contributed by atoms with Crippen molar-refractivity contribution in [2.24, 2.45) is 0 Å². The van der Waals surface area contributed by atoms with Crippen molar-refractivity contribution in [3.05, 3.63) is 0 Å². The minimum Gasteiger partial charge on any atom is -0.394 e. The third-order valence-electron chi connectivity index (χ3n) is 13.6. The van der Waals surface area contributed by atoms with Gasteiger partial charge in [0.05, 0.1) is 18.8 Å². The number of aliphatic hydroxyl groups excluding tert-OH is 2. The highest BCUT2D eigenvalue weighted by Crippen LogP contribution is 2.18. The van der Waals surface area contributed by atoms with Crippen LogP contribution in [0.3, 0.4) is 0 Å². The highest BCUT2D eigenvalue weighted by Gasteiger charge is 2.20. The molecule has 0 radical (unpaired) electrons. The summed E-state index contributed by atoms with van der Waals surface area (Å²) in [7, 11) is 0. The number of aliphatic hydroxyl groups is 2. The van der Waals surface area contributed by atoms with Crippen LogP contribution in [-0.4, -0.2) is 34.9 Å². The molecule has 0 aromatic carbocycles. The Morgan fingerprint density at radius 3 is 0.750 bits per heavy atom. The van der Waals surface area contributed by atoms with Gasteiger partial charge in [0.1, 0.15) is 0 Å². The molecular formula is C56H113NO3. The Morgan fingerprint density at radius 2 is 0.533 bits per heavy atom. The summed E-state index contributed by atoms with van der Waals surface area (Å²) in [6.07, 6.45) is 66.9. The van der Waals surface area contributed by atoms with E-state index in [4.69, 9.17) is 0 Å². The number of hydrogen-bond donors (Lipinski definition) is 3. The minimum atomic E-state index is -0.653. The fourth-order valence-corrected chi connectivity index (χ4v) is 9.31. The van der Waals surface area contributed by atoms with E-state index in [0.717, 1.165) is 25.7 Å². The lowest BCUT2D eigenvalue weighted by Crippen LogP contribution is -2.45. The van der Waals surface area contributed by atoms with Gasteiger partial charge < -0.3 is 15.5 Å². The first-order valence-electron chi connectivity index (χ1n) is 28.2. The molecule has 4 heteroatoms. The molecule has 0 spiro atoms. The van der Waals surface area contributed by atoms with Crippen molar-refractivity contribution in [2.75, 3.05) is 6.61 Å². The van der Waals surface area contributed by atoms with Crippen LogP contribution in [0.1, 0.15) is 335 Å². The number of amides is 1. The van der Waals surface area contributed by atoms with Crippen LogP contribution < -0.4 is 5.32 Å². The van der Waals surface area contributed by atoms with Gasteiger partial charge in [0, 0.05) is 6.42 Å². The molecule has 0 bridgehead atoms. The van der Waals surface area contributed by atoms with Crippen molar-refractivity contribution in [3.63, 3.8) is 0 Å². The second kappa shape index (κ2) is 52.7. The molecule has 0 aliphatic carbocycles. The quantitative estimate of drug-likeness (QED) is 0.0534. The molecule has 0 aliphatic heterocycles. The first kappa shape index (κ1) is 59.4. The summed E-state index contributed by atoms with van der Waals surface area (Å²) >= 11 is 0. The topological polar surface area (TPSA) is 69.6 Å². The number of unbranched alkanes of at least 4 members (excludes halogenated alkanes) is 46. The van der Waals surface area contributed by atoms with Crippen LogP contribution in [0.4, 0.5) is 0 Å². The van der Waals surface area contributed by atoms with Crippen molar-refractivity contribution >= 4 is 5.91 Å². The van der Waals surface area contributed by atoms with Crippen molar-refractivity contribution in [1.82, 2.24) is 5.32 Å². The average Bonchev–Trinajstić information content (AvgIpc) is 3.25. The monoisotopic (exact) mass is 848 g/mol. The molecule has 0 aromatic rings. The van der Waals surface area contributed by atoms with Crippen molar-refractivity contribution in [2.45, 2.75) is 347 Å². The SMILES string of the molecule is CCCCCCCCCCCCCCCCCCCCCCCCCCCCCCCCCCCCCCCC(=O)NC(CO)C(O)CCCCCCCCCCCCC. The zero-order valence-corrected chi connectivity index (χ0v) is 41.5. The van der Waals surface area contributed by atoms with Crippen molar-refractivity contribution in [1.29, 1.82) is 0 Å². The van der Waals surface area contributed by atoms with Crippen LogP contribution in [0.2, 0.25) is 0 Å². The molecule has 0 rings (SSSR count). The highest BCUT2D eigenvalue weighted by atomic mass is 16.3. The zero-order valence-electron chi connectivity index (χ0n) is 41.5. The summed E-state index contributed by atoms with van der Waals surface area (Å²) in [6, 6.07) is -0.529. The predicted molar refractivity (Wildman–Crippen MR) is 267 cm³/mol. The Hall–Kier alpha value is -0.610. The van der Waals surface area contributed by atoms with E-state index in [-0.39, 0.29) is 12.5 Å². The molecule has 0 aliphatic rings. The molecule has 4 nitrogen and oxygen atoms in total. The maximum atomic E-state index is 12.4. The van der Waals surface area contributed by atoms with E-state index in [1.165, 1.54) is 283 Å². The van der Waals surface area contributed by atoms with Crippen LogP contribution in [0.25, 0.3) is 0 Å². The fourth-order valence-electron chi connectivity index (χ4n) is 9.31. The second-order valence-corrected chi connectivity index (χ2v) is 19.7. The molecule has 2 unspecified atom stereocenters. The van der Waals surface area contributed by atoms with Gasteiger partial charge >= 0.3 is 0 Å². The van der Waals surface area contributed by atoms with Crippen LogP contribution in [0.5, 0.6) is 0 Å². The Kier molecular flexibility index (Phi) is 52.2. The van der Waals surface area contributed by atoms with Gasteiger partial charge in [0.25, 0.3) is 0 Å². The summed E-state index contributed by atoms with van der Waals surface area (Å²) < 4.78 is 0. The van der Waals surface area contributed by atoms with Crippen molar-refractivity contribution in [3.8, 4) is 0 Å². The van der Waals surface area contributed by atoms with E-state index in [0.29, 0.717) is 12.8 Å². The van der Waals surface area contributed by atoms with Crippen molar-refractivity contribution < 1.29 is 15.0 Å².